The first-order valence-electron chi connectivity index (χ1n) is 4.05. The summed E-state index contributed by atoms with van der Waals surface area (Å²) >= 11 is 11.4. The van der Waals surface area contributed by atoms with E-state index in [2.05, 4.69) is 0 Å². The van der Waals surface area contributed by atoms with Crippen molar-refractivity contribution in [1.29, 1.82) is 0 Å². The van der Waals surface area contributed by atoms with Crippen molar-refractivity contribution in [2.75, 3.05) is 0 Å². The first kappa shape index (κ1) is 11.6. The van der Waals surface area contributed by atoms with Crippen LogP contribution in [0.2, 0.25) is 10.0 Å². The Morgan fingerprint density at radius 1 is 1.29 bits per heavy atom. The summed E-state index contributed by atoms with van der Waals surface area (Å²) < 4.78 is 0. The molecule has 1 aromatic carbocycles. The summed E-state index contributed by atoms with van der Waals surface area (Å²) in [4.78, 5) is 0. The van der Waals surface area contributed by atoms with Gasteiger partial charge in [-0.3, -0.25) is 0 Å². The zero-order chi connectivity index (χ0) is 10.9. The van der Waals surface area contributed by atoms with Gasteiger partial charge in [-0.1, -0.05) is 23.2 Å². The van der Waals surface area contributed by atoms with Crippen LogP contribution in [-0.4, -0.2) is 16.3 Å². The number of halogens is 2. The molecule has 0 bridgehead atoms. The minimum atomic E-state index is -0.702. The number of hydrogen-bond donors (Lipinski definition) is 3. The van der Waals surface area contributed by atoms with Gasteiger partial charge in [0.1, 0.15) is 0 Å². The van der Waals surface area contributed by atoms with Crippen LogP contribution in [0.4, 0.5) is 0 Å². The highest BCUT2D eigenvalue weighted by Crippen LogP contribution is 2.34. The quantitative estimate of drug-likeness (QED) is 0.736. The number of aliphatic hydroxyl groups excluding tert-OH is 1. The Morgan fingerprint density at radius 2 is 1.71 bits per heavy atom. The van der Waals surface area contributed by atoms with Crippen molar-refractivity contribution < 1.29 is 10.2 Å². The number of phenols is 1. The molecular weight excluding hydrogens is 225 g/mol. The summed E-state index contributed by atoms with van der Waals surface area (Å²) in [6, 6.07) is 2.41. The predicted octanol–water partition coefficient (Wildman–Crippen LogP) is 2.08. The second-order valence-electron chi connectivity index (χ2n) is 3.10. The lowest BCUT2D eigenvalue weighted by Crippen LogP contribution is -2.23. The zero-order valence-electron chi connectivity index (χ0n) is 7.54. The zero-order valence-corrected chi connectivity index (χ0v) is 9.05. The van der Waals surface area contributed by atoms with Crippen molar-refractivity contribution in [3.8, 4) is 5.75 Å². The maximum atomic E-state index is 9.28. The molecule has 0 aliphatic rings. The normalized spacial score (nSPS) is 15.2. The van der Waals surface area contributed by atoms with E-state index >= 15 is 0 Å². The van der Waals surface area contributed by atoms with Crippen LogP contribution in [0.3, 0.4) is 0 Å². The molecule has 0 saturated heterocycles. The molecule has 1 rings (SSSR count). The fourth-order valence-electron chi connectivity index (χ4n) is 1.06. The molecule has 4 N–H and O–H groups in total. The van der Waals surface area contributed by atoms with Crippen LogP contribution in [0.15, 0.2) is 12.1 Å². The van der Waals surface area contributed by atoms with E-state index in [-0.39, 0.29) is 15.8 Å². The SMILES string of the molecule is C[C@H](O)[C@H](N)c1cc(Cl)c(O)c(Cl)c1. The molecule has 0 heterocycles. The van der Waals surface area contributed by atoms with Gasteiger partial charge in [0.2, 0.25) is 0 Å². The summed E-state index contributed by atoms with van der Waals surface area (Å²) in [6.07, 6.45) is -0.702. The van der Waals surface area contributed by atoms with Crippen LogP contribution in [0.1, 0.15) is 18.5 Å². The highest BCUT2D eigenvalue weighted by Gasteiger charge is 2.15. The number of aromatic hydroxyl groups is 1. The van der Waals surface area contributed by atoms with Gasteiger partial charge in [-0.25, -0.2) is 0 Å². The topological polar surface area (TPSA) is 66.5 Å². The molecule has 1 aromatic rings. The Hall–Kier alpha value is -0.480. The highest BCUT2D eigenvalue weighted by atomic mass is 35.5. The lowest BCUT2D eigenvalue weighted by atomic mass is 10.0. The second kappa shape index (κ2) is 4.36. The van der Waals surface area contributed by atoms with Crippen molar-refractivity contribution in [2.24, 2.45) is 5.73 Å². The van der Waals surface area contributed by atoms with Crippen molar-refractivity contribution in [3.63, 3.8) is 0 Å². The predicted molar refractivity (Wildman–Crippen MR) is 56.7 cm³/mol. The van der Waals surface area contributed by atoms with Gasteiger partial charge in [-0.05, 0) is 24.6 Å². The van der Waals surface area contributed by atoms with Crippen LogP contribution in [0, 0.1) is 0 Å². The molecule has 3 nitrogen and oxygen atoms in total. The number of phenolic OH excluding ortho intramolecular Hbond substituents is 1. The molecule has 0 aromatic heterocycles. The largest absolute Gasteiger partial charge is 0.505 e. The Kier molecular flexibility index (Phi) is 3.61. The first-order valence-corrected chi connectivity index (χ1v) is 4.80. The summed E-state index contributed by atoms with van der Waals surface area (Å²) in [5.74, 6) is -0.171. The Morgan fingerprint density at radius 3 is 2.07 bits per heavy atom. The third-order valence-corrected chi connectivity index (χ3v) is 2.52. The lowest BCUT2D eigenvalue weighted by molar-refractivity contribution is 0.164. The second-order valence-corrected chi connectivity index (χ2v) is 3.91. The van der Waals surface area contributed by atoms with E-state index in [1.165, 1.54) is 12.1 Å². The van der Waals surface area contributed by atoms with Crippen LogP contribution in [-0.2, 0) is 0 Å². The average molecular weight is 236 g/mol. The van der Waals surface area contributed by atoms with Crippen LogP contribution in [0.25, 0.3) is 0 Å². The molecule has 0 unspecified atom stereocenters. The fraction of sp³-hybridized carbons (Fsp3) is 0.333. The number of hydrogen-bond acceptors (Lipinski definition) is 3. The van der Waals surface area contributed by atoms with Gasteiger partial charge in [0.15, 0.2) is 5.75 Å². The summed E-state index contributed by atoms with van der Waals surface area (Å²) in [5, 5.41) is 18.8. The molecule has 5 heteroatoms. The number of benzene rings is 1. The molecule has 0 aliphatic carbocycles. The molecule has 2 atom stereocenters. The van der Waals surface area contributed by atoms with Crippen molar-refractivity contribution in [1.82, 2.24) is 0 Å². The highest BCUT2D eigenvalue weighted by molar-refractivity contribution is 6.37. The summed E-state index contributed by atoms with van der Waals surface area (Å²) in [5.41, 5.74) is 6.27. The van der Waals surface area contributed by atoms with E-state index < -0.39 is 12.1 Å². The van der Waals surface area contributed by atoms with Crippen LogP contribution in [0.5, 0.6) is 5.75 Å². The Labute approximate surface area is 92.1 Å². The van der Waals surface area contributed by atoms with Gasteiger partial charge >= 0.3 is 0 Å². The van der Waals surface area contributed by atoms with Crippen molar-refractivity contribution >= 4 is 23.2 Å². The molecule has 0 radical (unpaired) electrons. The van der Waals surface area contributed by atoms with E-state index in [0.717, 1.165) is 0 Å². The lowest BCUT2D eigenvalue weighted by Gasteiger charge is -2.16. The average Bonchev–Trinajstić information content (AvgIpc) is 2.12. The van der Waals surface area contributed by atoms with Gasteiger partial charge in [0.05, 0.1) is 22.2 Å². The number of aliphatic hydroxyl groups is 1. The molecule has 0 fully saturated rings. The molecule has 78 valence electrons. The van der Waals surface area contributed by atoms with Gasteiger partial charge in [0.25, 0.3) is 0 Å². The van der Waals surface area contributed by atoms with Gasteiger partial charge < -0.3 is 15.9 Å². The third kappa shape index (κ3) is 2.30. The molecular formula is C9H11Cl2NO2. The standard InChI is InChI=1S/C9H11Cl2NO2/c1-4(13)8(12)5-2-6(10)9(14)7(11)3-5/h2-4,8,13-14H,12H2,1H3/t4-,8-/m0/s1. The number of nitrogens with two attached hydrogens (primary N) is 1. The van der Waals surface area contributed by atoms with Crippen molar-refractivity contribution in [2.45, 2.75) is 19.1 Å². The first-order chi connectivity index (χ1) is 6.43. The minimum absolute atomic E-state index is 0.128. The summed E-state index contributed by atoms with van der Waals surface area (Å²) in [6.45, 7) is 1.57. The van der Waals surface area contributed by atoms with Crippen LogP contribution < -0.4 is 5.73 Å². The van der Waals surface area contributed by atoms with Crippen LogP contribution >= 0.6 is 23.2 Å². The molecule has 14 heavy (non-hydrogen) atoms. The fourth-order valence-corrected chi connectivity index (χ4v) is 1.56. The minimum Gasteiger partial charge on any atom is -0.505 e. The molecule has 0 spiro atoms. The smallest absolute Gasteiger partial charge is 0.152 e. The van der Waals surface area contributed by atoms with Gasteiger partial charge in [-0.15, -0.1) is 0 Å². The molecule has 0 amide bonds. The van der Waals surface area contributed by atoms with Gasteiger partial charge in [0, 0.05) is 0 Å². The number of rotatable bonds is 2. The van der Waals surface area contributed by atoms with E-state index in [4.69, 9.17) is 28.9 Å². The Bertz CT molecular complexity index is 319. The van der Waals surface area contributed by atoms with E-state index in [0.29, 0.717) is 5.56 Å². The summed E-state index contributed by atoms with van der Waals surface area (Å²) in [7, 11) is 0. The molecule has 0 saturated carbocycles. The Balaban J connectivity index is 3.12. The maximum absolute atomic E-state index is 9.28. The third-order valence-electron chi connectivity index (χ3n) is 1.94. The van der Waals surface area contributed by atoms with E-state index in [1.807, 2.05) is 0 Å². The van der Waals surface area contributed by atoms with Crippen molar-refractivity contribution in [3.05, 3.63) is 27.7 Å². The monoisotopic (exact) mass is 235 g/mol. The molecule has 0 aliphatic heterocycles. The van der Waals surface area contributed by atoms with E-state index in [1.54, 1.807) is 6.92 Å². The van der Waals surface area contributed by atoms with Gasteiger partial charge in [-0.2, -0.15) is 0 Å². The maximum Gasteiger partial charge on any atom is 0.152 e. The van der Waals surface area contributed by atoms with E-state index in [9.17, 15) is 10.2 Å².